The van der Waals surface area contributed by atoms with Crippen molar-refractivity contribution in [3.63, 3.8) is 0 Å². The Hall–Kier alpha value is -1.58. The molecule has 2 aromatic heterocycles. The van der Waals surface area contributed by atoms with E-state index in [1.165, 1.54) is 18.6 Å². The summed E-state index contributed by atoms with van der Waals surface area (Å²) in [6.45, 7) is 0. The van der Waals surface area contributed by atoms with Gasteiger partial charge in [0.05, 0.1) is 11.9 Å². The van der Waals surface area contributed by atoms with Gasteiger partial charge < -0.3 is 0 Å². The van der Waals surface area contributed by atoms with E-state index in [0.717, 1.165) is 6.20 Å². The Kier molecular flexibility index (Phi) is 3.55. The Bertz CT molecular complexity index is 512. The van der Waals surface area contributed by atoms with Crippen LogP contribution in [0.5, 0.6) is 0 Å². The molecule has 5 nitrogen and oxygen atoms in total. The van der Waals surface area contributed by atoms with Crippen LogP contribution in [0.2, 0.25) is 0 Å². The van der Waals surface area contributed by atoms with Gasteiger partial charge >= 0.3 is 6.18 Å². The number of rotatable bonds is 3. The highest BCUT2D eigenvalue weighted by atomic mass is 32.1. The molecule has 1 unspecified atom stereocenters. The largest absolute Gasteiger partial charge is 0.443 e. The summed E-state index contributed by atoms with van der Waals surface area (Å²) in [6.07, 6.45) is 1.00. The zero-order valence-electron chi connectivity index (χ0n) is 8.85. The Labute approximate surface area is 104 Å². The summed E-state index contributed by atoms with van der Waals surface area (Å²) in [5.74, 6) is 5.33. The second-order valence-corrected chi connectivity index (χ2v) is 4.36. The van der Waals surface area contributed by atoms with E-state index in [2.05, 4.69) is 20.4 Å². The Balaban J connectivity index is 2.32. The lowest BCUT2D eigenvalue weighted by Crippen LogP contribution is -2.29. The van der Waals surface area contributed by atoms with Crippen molar-refractivity contribution in [3.8, 4) is 0 Å². The fourth-order valence-electron chi connectivity index (χ4n) is 1.32. The normalized spacial score (nSPS) is 13.6. The van der Waals surface area contributed by atoms with Crippen molar-refractivity contribution in [1.82, 2.24) is 20.4 Å². The molecule has 0 aromatic carbocycles. The van der Waals surface area contributed by atoms with Crippen molar-refractivity contribution >= 4 is 11.3 Å². The maximum atomic E-state index is 12.4. The first-order valence-corrected chi connectivity index (χ1v) is 5.59. The minimum atomic E-state index is -4.45. The van der Waals surface area contributed by atoms with Crippen LogP contribution < -0.4 is 11.3 Å². The SMILES string of the molecule is NNC(c1cnccn1)c1cnc(C(F)(F)F)s1. The fourth-order valence-corrected chi connectivity index (χ4v) is 2.18. The van der Waals surface area contributed by atoms with Crippen molar-refractivity contribution in [3.05, 3.63) is 40.4 Å². The molecule has 18 heavy (non-hydrogen) atoms. The third-order valence-electron chi connectivity index (χ3n) is 2.10. The van der Waals surface area contributed by atoms with E-state index in [0.29, 0.717) is 21.9 Å². The van der Waals surface area contributed by atoms with Crippen molar-refractivity contribution in [1.29, 1.82) is 0 Å². The molecule has 0 saturated carbocycles. The van der Waals surface area contributed by atoms with Crippen LogP contribution in [-0.4, -0.2) is 15.0 Å². The smallest absolute Gasteiger partial charge is 0.270 e. The van der Waals surface area contributed by atoms with Gasteiger partial charge in [0.1, 0.15) is 6.04 Å². The van der Waals surface area contributed by atoms with Gasteiger partial charge in [0, 0.05) is 23.5 Å². The maximum absolute atomic E-state index is 12.4. The highest BCUT2D eigenvalue weighted by molar-refractivity contribution is 7.11. The quantitative estimate of drug-likeness (QED) is 0.656. The monoisotopic (exact) mass is 275 g/mol. The molecule has 2 aromatic rings. The third-order valence-corrected chi connectivity index (χ3v) is 3.20. The van der Waals surface area contributed by atoms with Gasteiger partial charge in [-0.2, -0.15) is 13.2 Å². The number of aromatic nitrogens is 3. The maximum Gasteiger partial charge on any atom is 0.443 e. The molecule has 0 fully saturated rings. The predicted molar refractivity (Wildman–Crippen MR) is 58.3 cm³/mol. The standard InChI is InChI=1S/C9H8F3N5S/c10-9(11,12)8-16-4-6(18-8)7(17-13)5-3-14-1-2-15-5/h1-4,7,17H,13H2. The molecule has 0 saturated heterocycles. The zero-order valence-corrected chi connectivity index (χ0v) is 9.66. The van der Waals surface area contributed by atoms with Gasteiger partial charge in [-0.1, -0.05) is 0 Å². The van der Waals surface area contributed by atoms with Crippen molar-refractivity contribution in [2.24, 2.45) is 5.84 Å². The van der Waals surface area contributed by atoms with Crippen LogP contribution in [0, 0.1) is 0 Å². The highest BCUT2D eigenvalue weighted by Crippen LogP contribution is 2.35. The molecule has 2 heterocycles. The van der Waals surface area contributed by atoms with E-state index in [9.17, 15) is 13.2 Å². The molecule has 9 heteroatoms. The van der Waals surface area contributed by atoms with Gasteiger partial charge in [0.25, 0.3) is 0 Å². The number of halogens is 3. The molecular weight excluding hydrogens is 267 g/mol. The number of hydrazine groups is 1. The molecular formula is C9H8F3N5S. The highest BCUT2D eigenvalue weighted by Gasteiger charge is 2.35. The molecule has 0 bridgehead atoms. The molecule has 1 atom stereocenters. The molecule has 0 aliphatic carbocycles. The first-order valence-electron chi connectivity index (χ1n) is 4.77. The lowest BCUT2D eigenvalue weighted by molar-refractivity contribution is -0.137. The number of hydrogen-bond donors (Lipinski definition) is 2. The number of nitrogens with one attached hydrogen (secondary N) is 1. The molecule has 0 spiro atoms. The van der Waals surface area contributed by atoms with Crippen LogP contribution in [0.15, 0.2) is 24.8 Å². The van der Waals surface area contributed by atoms with E-state index in [-0.39, 0.29) is 0 Å². The molecule has 0 aliphatic heterocycles. The first-order chi connectivity index (χ1) is 8.52. The first kappa shape index (κ1) is 12.9. The van der Waals surface area contributed by atoms with Gasteiger partial charge in [-0.25, -0.2) is 10.4 Å². The Morgan fingerprint density at radius 2 is 2.00 bits per heavy atom. The van der Waals surface area contributed by atoms with E-state index < -0.39 is 17.2 Å². The average molecular weight is 275 g/mol. The summed E-state index contributed by atoms with van der Waals surface area (Å²) in [5, 5.41) is -0.915. The summed E-state index contributed by atoms with van der Waals surface area (Å²) in [5.41, 5.74) is 2.83. The molecule has 0 radical (unpaired) electrons. The molecule has 0 amide bonds. The summed E-state index contributed by atoms with van der Waals surface area (Å²) in [6, 6.07) is -0.660. The number of hydrogen-bond acceptors (Lipinski definition) is 6. The zero-order chi connectivity index (χ0) is 13.2. The predicted octanol–water partition coefficient (Wildman–Crippen LogP) is 1.50. The molecule has 96 valence electrons. The van der Waals surface area contributed by atoms with E-state index in [4.69, 9.17) is 5.84 Å². The van der Waals surface area contributed by atoms with Crippen LogP contribution in [0.25, 0.3) is 0 Å². The van der Waals surface area contributed by atoms with Gasteiger partial charge in [-0.05, 0) is 0 Å². The summed E-state index contributed by atoms with van der Waals surface area (Å²) in [4.78, 5) is 11.5. The number of thiazole rings is 1. The van der Waals surface area contributed by atoms with Crippen LogP contribution in [-0.2, 0) is 6.18 Å². The summed E-state index contributed by atoms with van der Waals surface area (Å²) < 4.78 is 37.3. The average Bonchev–Trinajstić information content (AvgIpc) is 2.81. The van der Waals surface area contributed by atoms with Gasteiger partial charge in [0.15, 0.2) is 5.01 Å². The minimum absolute atomic E-state index is 0.324. The summed E-state index contributed by atoms with van der Waals surface area (Å²) in [7, 11) is 0. The summed E-state index contributed by atoms with van der Waals surface area (Å²) >= 11 is 0.521. The van der Waals surface area contributed by atoms with Crippen LogP contribution in [0.1, 0.15) is 21.6 Å². The second-order valence-electron chi connectivity index (χ2n) is 3.30. The minimum Gasteiger partial charge on any atom is -0.270 e. The van der Waals surface area contributed by atoms with Crippen LogP contribution in [0.4, 0.5) is 13.2 Å². The van der Waals surface area contributed by atoms with Crippen molar-refractivity contribution in [2.75, 3.05) is 0 Å². The van der Waals surface area contributed by atoms with E-state index in [1.807, 2.05) is 0 Å². The fraction of sp³-hybridized carbons (Fsp3) is 0.222. The van der Waals surface area contributed by atoms with Crippen LogP contribution >= 0.6 is 11.3 Å². The molecule has 2 rings (SSSR count). The van der Waals surface area contributed by atoms with Crippen LogP contribution in [0.3, 0.4) is 0 Å². The van der Waals surface area contributed by atoms with Gasteiger partial charge in [-0.15, -0.1) is 11.3 Å². The lowest BCUT2D eigenvalue weighted by atomic mass is 10.2. The van der Waals surface area contributed by atoms with Crippen molar-refractivity contribution < 1.29 is 13.2 Å². The van der Waals surface area contributed by atoms with Gasteiger partial charge in [-0.3, -0.25) is 15.8 Å². The molecule has 3 N–H and O–H groups in total. The van der Waals surface area contributed by atoms with Crippen molar-refractivity contribution in [2.45, 2.75) is 12.2 Å². The van der Waals surface area contributed by atoms with E-state index in [1.54, 1.807) is 0 Å². The number of nitrogens with zero attached hydrogens (tertiary/aromatic N) is 3. The van der Waals surface area contributed by atoms with Gasteiger partial charge in [0.2, 0.25) is 0 Å². The van der Waals surface area contributed by atoms with E-state index >= 15 is 0 Å². The topological polar surface area (TPSA) is 76.7 Å². The number of alkyl halides is 3. The Morgan fingerprint density at radius 1 is 1.22 bits per heavy atom. The lowest BCUT2D eigenvalue weighted by Gasteiger charge is -2.12. The second kappa shape index (κ2) is 4.96. The Morgan fingerprint density at radius 3 is 2.50 bits per heavy atom. The third kappa shape index (κ3) is 2.63. The molecule has 0 aliphatic rings. The number of nitrogens with two attached hydrogens (primary N) is 1.